The van der Waals surface area contributed by atoms with Crippen molar-refractivity contribution in [3.8, 4) is 11.4 Å². The number of hydrogen-bond donors (Lipinski definition) is 3. The van der Waals surface area contributed by atoms with Crippen LogP contribution in [-0.2, 0) is 0 Å². The molecule has 0 atom stereocenters. The zero-order valence-electron chi connectivity index (χ0n) is 21.2. The normalized spacial score (nSPS) is 15.4. The number of hydrogen-bond acceptors (Lipinski definition) is 7. The van der Waals surface area contributed by atoms with E-state index in [0.717, 1.165) is 74.0 Å². The lowest BCUT2D eigenvalue weighted by Gasteiger charge is -2.37. The molecule has 0 spiro atoms. The number of nitrogens with two attached hydrogens (primary N) is 1. The Hall–Kier alpha value is -4.08. The molecule has 5 heterocycles. The standard InChI is InChI=1S/C28H30N8S/c1-6-31-28(25-10-8-17(3)37-25)21-11-23(32-19(21)5)27-18(4)22(34-35-27)9-7-16(2)24-12-30-13-26(33-24)36-14-20(29)15-36/h6-13,20,32,34H,1,4,14-15,29H2,2-3,5H3/b16-7+,22-9+,31-28?. The van der Waals surface area contributed by atoms with E-state index in [4.69, 9.17) is 10.7 Å². The van der Waals surface area contributed by atoms with Gasteiger partial charge in [0.2, 0.25) is 0 Å². The number of aromatic amines is 2. The molecule has 0 bridgehead atoms. The van der Waals surface area contributed by atoms with E-state index in [1.54, 1.807) is 29.9 Å². The number of aryl methyl sites for hydroxylation is 2. The smallest absolute Gasteiger partial charge is 0.147 e. The number of allylic oxidation sites excluding steroid dienone is 2. The van der Waals surface area contributed by atoms with E-state index in [2.05, 4.69) is 68.3 Å². The summed E-state index contributed by atoms with van der Waals surface area (Å²) >= 11 is 1.71. The lowest BCUT2D eigenvalue weighted by Crippen LogP contribution is -2.56. The third-order valence-electron chi connectivity index (χ3n) is 6.38. The topological polar surface area (TPSA) is 112 Å². The number of thiophene rings is 1. The first-order valence-corrected chi connectivity index (χ1v) is 12.9. The van der Waals surface area contributed by atoms with Crippen LogP contribution in [0.25, 0.3) is 29.6 Å². The molecule has 5 rings (SSSR count). The first-order valence-electron chi connectivity index (χ1n) is 12.0. The van der Waals surface area contributed by atoms with E-state index in [0.29, 0.717) is 0 Å². The van der Waals surface area contributed by atoms with Gasteiger partial charge in [0, 0.05) is 46.7 Å². The monoisotopic (exact) mass is 510 g/mol. The molecule has 1 saturated heterocycles. The van der Waals surface area contributed by atoms with Gasteiger partial charge in [-0.2, -0.15) is 5.10 Å². The molecular formula is C28H30N8S. The fourth-order valence-corrected chi connectivity index (χ4v) is 5.16. The van der Waals surface area contributed by atoms with Crippen LogP contribution in [0.2, 0.25) is 0 Å². The van der Waals surface area contributed by atoms with E-state index in [-0.39, 0.29) is 6.04 Å². The average molecular weight is 511 g/mol. The largest absolute Gasteiger partial charge is 0.357 e. The highest BCUT2D eigenvalue weighted by Gasteiger charge is 2.24. The number of nitrogens with zero attached hydrogens (tertiary/aromatic N) is 5. The number of nitrogens with one attached hydrogen (secondary N) is 2. The molecule has 37 heavy (non-hydrogen) atoms. The minimum absolute atomic E-state index is 0.209. The quantitative estimate of drug-likeness (QED) is 0.330. The van der Waals surface area contributed by atoms with E-state index in [1.165, 1.54) is 4.88 Å². The molecule has 1 aliphatic rings. The van der Waals surface area contributed by atoms with Crippen LogP contribution in [0.5, 0.6) is 0 Å². The van der Waals surface area contributed by atoms with Crippen molar-refractivity contribution in [3.63, 3.8) is 0 Å². The number of aliphatic imine (C=N–C) groups is 1. The molecule has 4 N–H and O–H groups in total. The Morgan fingerprint density at radius 2 is 2.08 bits per heavy atom. The van der Waals surface area contributed by atoms with Crippen molar-refractivity contribution in [1.82, 2.24) is 25.1 Å². The Balaban J connectivity index is 1.43. The Kier molecular flexibility index (Phi) is 6.73. The summed E-state index contributed by atoms with van der Waals surface area (Å²) in [6, 6.07) is 6.48. The highest BCUT2D eigenvalue weighted by molar-refractivity contribution is 7.14. The fourth-order valence-electron chi connectivity index (χ4n) is 4.28. The van der Waals surface area contributed by atoms with Gasteiger partial charge in [0.25, 0.3) is 0 Å². The van der Waals surface area contributed by atoms with E-state index < -0.39 is 0 Å². The van der Waals surface area contributed by atoms with Gasteiger partial charge in [-0.05, 0) is 50.6 Å². The molecule has 0 radical (unpaired) electrons. The van der Waals surface area contributed by atoms with Crippen LogP contribution in [0.3, 0.4) is 0 Å². The maximum absolute atomic E-state index is 5.91. The van der Waals surface area contributed by atoms with Gasteiger partial charge in [-0.15, -0.1) is 11.3 Å². The summed E-state index contributed by atoms with van der Waals surface area (Å²) in [6.07, 6.45) is 9.10. The maximum atomic E-state index is 5.91. The van der Waals surface area contributed by atoms with E-state index in [1.807, 2.05) is 26.0 Å². The van der Waals surface area contributed by atoms with Gasteiger partial charge in [0.1, 0.15) is 11.5 Å². The minimum atomic E-state index is 0.209. The van der Waals surface area contributed by atoms with Crippen molar-refractivity contribution >= 4 is 41.1 Å². The van der Waals surface area contributed by atoms with Crippen molar-refractivity contribution in [1.29, 1.82) is 0 Å². The molecule has 8 nitrogen and oxygen atoms in total. The van der Waals surface area contributed by atoms with Gasteiger partial charge in [0.15, 0.2) is 0 Å². The molecule has 0 amide bonds. The predicted molar refractivity (Wildman–Crippen MR) is 153 cm³/mol. The van der Waals surface area contributed by atoms with Crippen molar-refractivity contribution < 1.29 is 0 Å². The Labute approximate surface area is 219 Å². The predicted octanol–water partition coefficient (Wildman–Crippen LogP) is 3.30. The Morgan fingerprint density at radius 3 is 2.78 bits per heavy atom. The summed E-state index contributed by atoms with van der Waals surface area (Å²) in [7, 11) is 0. The van der Waals surface area contributed by atoms with Gasteiger partial charge in [0.05, 0.1) is 39.7 Å². The third-order valence-corrected chi connectivity index (χ3v) is 7.39. The first-order chi connectivity index (χ1) is 17.8. The lowest BCUT2D eigenvalue weighted by molar-refractivity contribution is 0.513. The average Bonchev–Trinajstić information content (AvgIpc) is 3.57. The molecule has 9 heteroatoms. The van der Waals surface area contributed by atoms with Gasteiger partial charge >= 0.3 is 0 Å². The lowest BCUT2D eigenvalue weighted by atomic mass is 10.1. The van der Waals surface area contributed by atoms with Crippen molar-refractivity contribution in [2.24, 2.45) is 10.7 Å². The van der Waals surface area contributed by atoms with Crippen LogP contribution in [0.1, 0.15) is 33.6 Å². The second-order valence-corrected chi connectivity index (χ2v) is 10.5. The van der Waals surface area contributed by atoms with E-state index >= 15 is 0 Å². The molecule has 0 aliphatic carbocycles. The molecule has 188 valence electrons. The first kappa shape index (κ1) is 24.6. The maximum Gasteiger partial charge on any atom is 0.147 e. The second-order valence-electron chi connectivity index (χ2n) is 9.20. The fraction of sp³-hybridized carbons (Fsp3) is 0.214. The number of rotatable bonds is 7. The molecule has 1 fully saturated rings. The van der Waals surface area contributed by atoms with Gasteiger partial charge < -0.3 is 15.6 Å². The summed E-state index contributed by atoms with van der Waals surface area (Å²) in [5.74, 6) is 0.851. The van der Waals surface area contributed by atoms with Crippen LogP contribution in [0, 0.1) is 13.8 Å². The zero-order valence-corrected chi connectivity index (χ0v) is 22.1. The van der Waals surface area contributed by atoms with Crippen LogP contribution in [0.15, 0.2) is 54.4 Å². The summed E-state index contributed by atoms with van der Waals surface area (Å²) < 4.78 is 0. The van der Waals surface area contributed by atoms with Crippen molar-refractivity contribution in [2.45, 2.75) is 26.8 Å². The zero-order chi connectivity index (χ0) is 26.1. The minimum Gasteiger partial charge on any atom is -0.357 e. The summed E-state index contributed by atoms with van der Waals surface area (Å²) in [5, 5.41) is 9.30. The van der Waals surface area contributed by atoms with Crippen LogP contribution >= 0.6 is 11.3 Å². The van der Waals surface area contributed by atoms with Crippen LogP contribution in [0.4, 0.5) is 5.82 Å². The van der Waals surface area contributed by atoms with Crippen molar-refractivity contribution in [2.75, 3.05) is 18.0 Å². The van der Waals surface area contributed by atoms with Crippen LogP contribution < -0.4 is 21.2 Å². The highest BCUT2D eigenvalue weighted by Crippen LogP contribution is 2.25. The van der Waals surface area contributed by atoms with Gasteiger partial charge in [-0.1, -0.05) is 19.2 Å². The highest BCUT2D eigenvalue weighted by atomic mass is 32.1. The summed E-state index contributed by atoms with van der Waals surface area (Å²) in [5.41, 5.74) is 12.3. The molecule has 4 aromatic heterocycles. The second kappa shape index (κ2) is 10.1. The van der Waals surface area contributed by atoms with Crippen LogP contribution in [-0.4, -0.2) is 50.0 Å². The molecule has 1 aliphatic heterocycles. The van der Waals surface area contributed by atoms with E-state index in [9.17, 15) is 0 Å². The molecule has 0 unspecified atom stereocenters. The Bertz CT molecular complexity index is 1630. The number of anilines is 1. The molecule has 4 aromatic rings. The number of H-pyrrole nitrogens is 2. The Morgan fingerprint density at radius 1 is 1.27 bits per heavy atom. The number of aromatic nitrogens is 5. The van der Waals surface area contributed by atoms with Gasteiger partial charge in [-0.25, -0.2) is 4.98 Å². The molecule has 0 saturated carbocycles. The summed E-state index contributed by atoms with van der Waals surface area (Å²) in [4.78, 5) is 21.6. The third kappa shape index (κ3) is 4.96. The van der Waals surface area contributed by atoms with Gasteiger partial charge in [-0.3, -0.25) is 15.1 Å². The SMILES string of the molecule is C=CN=C(c1ccc(C)s1)c1cc(-c2n[nH]/c(=C/C=C(\C)c3cncc(N4CC(N)C4)n3)c2=C)[nH]c1C. The summed E-state index contributed by atoms with van der Waals surface area (Å²) in [6.45, 7) is 15.8. The van der Waals surface area contributed by atoms with Crippen molar-refractivity contribution in [3.05, 3.63) is 86.7 Å². The molecule has 0 aromatic carbocycles. The molecular weight excluding hydrogens is 480 g/mol.